The molecule has 0 radical (unpaired) electrons. The van der Waals surface area contributed by atoms with Crippen molar-refractivity contribution in [3.63, 3.8) is 0 Å². The van der Waals surface area contributed by atoms with Crippen LogP contribution < -0.4 is 4.90 Å². The molecule has 2 rings (SSSR count). The molecule has 1 N–H and O–H groups in total. The summed E-state index contributed by atoms with van der Waals surface area (Å²) in [6.07, 6.45) is 0. The third-order valence-electron chi connectivity index (χ3n) is 3.06. The molecule has 0 unspecified atom stereocenters. The van der Waals surface area contributed by atoms with E-state index in [0.29, 0.717) is 12.1 Å². The van der Waals surface area contributed by atoms with Crippen molar-refractivity contribution in [2.45, 2.75) is 13.5 Å². The minimum atomic E-state index is -0.894. The third-order valence-corrected chi connectivity index (χ3v) is 3.06. The highest BCUT2D eigenvalue weighted by Gasteiger charge is 2.13. The van der Waals surface area contributed by atoms with Crippen LogP contribution in [0.4, 0.5) is 5.69 Å². The number of nitrogens with zero attached hydrogens (tertiary/aromatic N) is 1. The zero-order valence-electron chi connectivity index (χ0n) is 11.1. The molecule has 3 heteroatoms. The minimum Gasteiger partial charge on any atom is -0.478 e. The summed E-state index contributed by atoms with van der Waals surface area (Å²) < 4.78 is 0. The van der Waals surface area contributed by atoms with Gasteiger partial charge in [0.1, 0.15) is 0 Å². The molecule has 0 amide bonds. The van der Waals surface area contributed by atoms with Crippen LogP contribution in [0.25, 0.3) is 0 Å². The molecule has 0 fully saturated rings. The van der Waals surface area contributed by atoms with Gasteiger partial charge in [0.05, 0.1) is 11.3 Å². The van der Waals surface area contributed by atoms with Crippen LogP contribution in [0.2, 0.25) is 0 Å². The van der Waals surface area contributed by atoms with Gasteiger partial charge >= 0.3 is 5.97 Å². The topological polar surface area (TPSA) is 40.5 Å². The maximum absolute atomic E-state index is 11.3. The second kappa shape index (κ2) is 5.57. The molecular formula is C16H17NO2. The van der Waals surface area contributed by atoms with Gasteiger partial charge < -0.3 is 10.0 Å². The molecule has 2 aromatic carbocycles. The van der Waals surface area contributed by atoms with E-state index in [2.05, 4.69) is 0 Å². The molecule has 0 saturated carbocycles. The van der Waals surface area contributed by atoms with E-state index in [1.165, 1.54) is 0 Å². The fourth-order valence-corrected chi connectivity index (χ4v) is 2.08. The van der Waals surface area contributed by atoms with Crippen molar-refractivity contribution in [1.29, 1.82) is 0 Å². The van der Waals surface area contributed by atoms with Crippen LogP contribution in [0.15, 0.2) is 48.5 Å². The van der Waals surface area contributed by atoms with Crippen molar-refractivity contribution in [2.75, 3.05) is 11.9 Å². The lowest BCUT2D eigenvalue weighted by molar-refractivity contribution is 0.0697. The van der Waals surface area contributed by atoms with Crippen LogP contribution in [0.3, 0.4) is 0 Å². The highest BCUT2D eigenvalue weighted by Crippen LogP contribution is 2.23. The van der Waals surface area contributed by atoms with Crippen molar-refractivity contribution >= 4 is 11.7 Å². The fourth-order valence-electron chi connectivity index (χ4n) is 2.08. The Morgan fingerprint density at radius 2 is 1.84 bits per heavy atom. The summed E-state index contributed by atoms with van der Waals surface area (Å²) in [7, 11) is 1.91. The number of benzene rings is 2. The average molecular weight is 255 g/mol. The highest BCUT2D eigenvalue weighted by molar-refractivity contribution is 5.94. The van der Waals surface area contributed by atoms with E-state index in [9.17, 15) is 9.90 Å². The van der Waals surface area contributed by atoms with E-state index in [4.69, 9.17) is 0 Å². The van der Waals surface area contributed by atoms with Crippen molar-refractivity contribution in [3.05, 3.63) is 65.2 Å². The molecule has 0 heterocycles. The van der Waals surface area contributed by atoms with Gasteiger partial charge in [0.15, 0.2) is 0 Å². The van der Waals surface area contributed by atoms with Gasteiger partial charge in [-0.15, -0.1) is 0 Å². The van der Waals surface area contributed by atoms with Crippen molar-refractivity contribution in [1.82, 2.24) is 0 Å². The van der Waals surface area contributed by atoms with Crippen LogP contribution in [0.5, 0.6) is 0 Å². The first-order valence-electron chi connectivity index (χ1n) is 6.17. The quantitative estimate of drug-likeness (QED) is 0.911. The smallest absolute Gasteiger partial charge is 0.337 e. The molecule has 0 atom stereocenters. The van der Waals surface area contributed by atoms with Crippen LogP contribution in [-0.4, -0.2) is 18.1 Å². The third kappa shape index (κ3) is 3.13. The first kappa shape index (κ1) is 13.1. The van der Waals surface area contributed by atoms with Gasteiger partial charge in [-0.2, -0.15) is 0 Å². The summed E-state index contributed by atoms with van der Waals surface area (Å²) in [6.45, 7) is 2.65. The number of hydrogen-bond donors (Lipinski definition) is 1. The molecule has 0 aromatic heterocycles. The van der Waals surface area contributed by atoms with Gasteiger partial charge in [0.25, 0.3) is 0 Å². The van der Waals surface area contributed by atoms with E-state index >= 15 is 0 Å². The molecule has 98 valence electrons. The summed E-state index contributed by atoms with van der Waals surface area (Å²) in [5.74, 6) is -0.894. The molecule has 0 aliphatic carbocycles. The Labute approximate surface area is 113 Å². The molecular weight excluding hydrogens is 238 g/mol. The van der Waals surface area contributed by atoms with Crippen LogP contribution in [0.1, 0.15) is 21.5 Å². The predicted octanol–water partition coefficient (Wildman–Crippen LogP) is 3.33. The molecule has 19 heavy (non-hydrogen) atoms. The molecule has 0 spiro atoms. The number of rotatable bonds is 4. The van der Waals surface area contributed by atoms with E-state index in [0.717, 1.165) is 16.8 Å². The van der Waals surface area contributed by atoms with E-state index in [1.54, 1.807) is 6.07 Å². The normalized spacial score (nSPS) is 10.2. The predicted molar refractivity (Wildman–Crippen MR) is 76.7 cm³/mol. The number of aromatic carboxylic acids is 1. The zero-order chi connectivity index (χ0) is 13.8. The molecule has 0 saturated heterocycles. The fraction of sp³-hybridized carbons (Fsp3) is 0.188. The van der Waals surface area contributed by atoms with Crippen LogP contribution in [-0.2, 0) is 6.54 Å². The second-order valence-corrected chi connectivity index (χ2v) is 4.67. The Balaban J connectivity index is 2.30. The van der Waals surface area contributed by atoms with E-state index < -0.39 is 5.97 Å². The SMILES string of the molecule is Cc1ccc(C(=O)O)c(N(C)Cc2ccccc2)c1. The van der Waals surface area contributed by atoms with E-state index in [1.807, 2.05) is 61.3 Å². The summed E-state index contributed by atoms with van der Waals surface area (Å²) in [5.41, 5.74) is 3.29. The molecule has 3 nitrogen and oxygen atoms in total. The van der Waals surface area contributed by atoms with Gasteiger partial charge in [-0.3, -0.25) is 0 Å². The molecule has 0 bridgehead atoms. The van der Waals surface area contributed by atoms with Gasteiger partial charge in [-0.25, -0.2) is 4.79 Å². The van der Waals surface area contributed by atoms with Gasteiger partial charge in [0.2, 0.25) is 0 Å². The Kier molecular flexibility index (Phi) is 3.85. The van der Waals surface area contributed by atoms with Gasteiger partial charge in [-0.1, -0.05) is 36.4 Å². The summed E-state index contributed by atoms with van der Waals surface area (Å²) in [6, 6.07) is 15.4. The lowest BCUT2D eigenvalue weighted by Gasteiger charge is -2.22. The first-order valence-corrected chi connectivity index (χ1v) is 6.17. The Hall–Kier alpha value is -2.29. The summed E-state index contributed by atoms with van der Waals surface area (Å²) in [5, 5.41) is 9.24. The number of carbonyl (C=O) groups is 1. The molecule has 0 aliphatic rings. The van der Waals surface area contributed by atoms with Crippen molar-refractivity contribution in [2.24, 2.45) is 0 Å². The Morgan fingerprint density at radius 1 is 1.16 bits per heavy atom. The second-order valence-electron chi connectivity index (χ2n) is 4.67. The van der Waals surface area contributed by atoms with Crippen LogP contribution >= 0.6 is 0 Å². The lowest BCUT2D eigenvalue weighted by atomic mass is 10.1. The maximum Gasteiger partial charge on any atom is 0.337 e. The minimum absolute atomic E-state index is 0.337. The molecule has 0 aliphatic heterocycles. The summed E-state index contributed by atoms with van der Waals surface area (Å²) >= 11 is 0. The number of carboxylic acids is 1. The number of anilines is 1. The zero-order valence-corrected chi connectivity index (χ0v) is 11.1. The molecule has 2 aromatic rings. The maximum atomic E-state index is 11.3. The van der Waals surface area contributed by atoms with Gasteiger partial charge in [0, 0.05) is 13.6 Å². The standard InChI is InChI=1S/C16H17NO2/c1-12-8-9-14(16(18)19)15(10-12)17(2)11-13-6-4-3-5-7-13/h3-10H,11H2,1-2H3,(H,18,19). The van der Waals surface area contributed by atoms with Crippen LogP contribution in [0, 0.1) is 6.92 Å². The number of aryl methyl sites for hydroxylation is 1. The summed E-state index contributed by atoms with van der Waals surface area (Å²) in [4.78, 5) is 13.2. The monoisotopic (exact) mass is 255 g/mol. The van der Waals surface area contributed by atoms with E-state index in [-0.39, 0.29) is 0 Å². The Bertz CT molecular complexity index is 579. The first-order chi connectivity index (χ1) is 9.08. The Morgan fingerprint density at radius 3 is 2.47 bits per heavy atom. The largest absolute Gasteiger partial charge is 0.478 e. The van der Waals surface area contributed by atoms with Gasteiger partial charge in [-0.05, 0) is 30.2 Å². The van der Waals surface area contributed by atoms with Crippen molar-refractivity contribution < 1.29 is 9.90 Å². The number of carboxylic acid groups (broad SMARTS) is 1. The van der Waals surface area contributed by atoms with Crippen molar-refractivity contribution in [3.8, 4) is 0 Å². The lowest BCUT2D eigenvalue weighted by Crippen LogP contribution is -2.19. The average Bonchev–Trinajstić information content (AvgIpc) is 2.39. The highest BCUT2D eigenvalue weighted by atomic mass is 16.4. The number of hydrogen-bond acceptors (Lipinski definition) is 2.